The number of para-hydroxylation sites is 1. The molecule has 0 aromatic heterocycles. The van der Waals surface area contributed by atoms with Crippen LogP contribution >= 0.6 is 11.8 Å². The monoisotopic (exact) mass is 573 g/mol. The maximum absolute atomic E-state index is 13.7. The van der Waals surface area contributed by atoms with Gasteiger partial charge in [0.15, 0.2) is 0 Å². The number of carbonyl (C=O) groups is 2. The molecular formula is C36H35N3O2S. The third-order valence-electron chi connectivity index (χ3n) is 8.19. The van der Waals surface area contributed by atoms with Crippen molar-refractivity contribution >= 4 is 41.0 Å². The zero-order valence-electron chi connectivity index (χ0n) is 24.3. The van der Waals surface area contributed by atoms with E-state index in [0.717, 1.165) is 34.8 Å². The van der Waals surface area contributed by atoms with Gasteiger partial charge in [0.25, 0.3) is 11.8 Å². The van der Waals surface area contributed by atoms with Crippen LogP contribution in [0.2, 0.25) is 0 Å². The molecule has 42 heavy (non-hydrogen) atoms. The summed E-state index contributed by atoms with van der Waals surface area (Å²) in [6, 6.07) is 30.4. The van der Waals surface area contributed by atoms with E-state index in [1.165, 1.54) is 34.1 Å². The Hall–Kier alpha value is -4.29. The minimum Gasteiger partial charge on any atom is -0.368 e. The summed E-state index contributed by atoms with van der Waals surface area (Å²) < 4.78 is 0. The van der Waals surface area contributed by atoms with Crippen LogP contribution in [0.25, 0.3) is 6.08 Å². The molecule has 6 rings (SSSR count). The second-order valence-electron chi connectivity index (χ2n) is 11.1. The zero-order valence-corrected chi connectivity index (χ0v) is 25.2. The Bertz CT molecular complexity index is 1670. The van der Waals surface area contributed by atoms with E-state index in [1.54, 1.807) is 0 Å². The molecule has 2 heterocycles. The van der Waals surface area contributed by atoms with Gasteiger partial charge in [-0.2, -0.15) is 0 Å². The van der Waals surface area contributed by atoms with Crippen LogP contribution in [0.15, 0.2) is 101 Å². The van der Waals surface area contributed by atoms with Gasteiger partial charge in [0.2, 0.25) is 0 Å². The van der Waals surface area contributed by atoms with E-state index >= 15 is 0 Å². The van der Waals surface area contributed by atoms with E-state index in [4.69, 9.17) is 0 Å². The van der Waals surface area contributed by atoms with Crippen molar-refractivity contribution in [3.63, 3.8) is 0 Å². The molecule has 1 saturated heterocycles. The molecule has 0 radical (unpaired) electrons. The first kappa shape index (κ1) is 27.9. The van der Waals surface area contributed by atoms with Gasteiger partial charge in [-0.1, -0.05) is 78.0 Å². The largest absolute Gasteiger partial charge is 0.368 e. The molecule has 0 N–H and O–H groups in total. The summed E-state index contributed by atoms with van der Waals surface area (Å²) in [5.41, 5.74) is 8.63. The number of amides is 2. The number of piperazine rings is 1. The van der Waals surface area contributed by atoms with Crippen molar-refractivity contribution in [3.8, 4) is 0 Å². The maximum atomic E-state index is 13.7. The van der Waals surface area contributed by atoms with Gasteiger partial charge in [-0.15, -0.1) is 0 Å². The molecule has 2 amide bonds. The molecule has 0 spiro atoms. The number of aryl methyl sites for hydroxylation is 2. The van der Waals surface area contributed by atoms with Gasteiger partial charge >= 0.3 is 0 Å². The van der Waals surface area contributed by atoms with Crippen LogP contribution in [0.3, 0.4) is 0 Å². The fourth-order valence-electron chi connectivity index (χ4n) is 5.70. The summed E-state index contributed by atoms with van der Waals surface area (Å²) in [4.78, 5) is 34.9. The molecule has 0 saturated carbocycles. The van der Waals surface area contributed by atoms with Crippen molar-refractivity contribution in [2.45, 2.75) is 32.2 Å². The number of rotatable bonds is 5. The summed E-state index contributed by atoms with van der Waals surface area (Å²) in [5.74, 6) is 0.0401. The maximum Gasteiger partial charge on any atom is 0.265 e. The van der Waals surface area contributed by atoms with Gasteiger partial charge in [-0.05, 0) is 79.4 Å². The highest BCUT2D eigenvalue weighted by Gasteiger charge is 2.29. The molecule has 0 aliphatic carbocycles. The Morgan fingerprint density at radius 2 is 1.52 bits per heavy atom. The Morgan fingerprint density at radius 3 is 2.29 bits per heavy atom. The Kier molecular flexibility index (Phi) is 7.90. The summed E-state index contributed by atoms with van der Waals surface area (Å²) in [5, 5.41) is 0. The van der Waals surface area contributed by atoms with Gasteiger partial charge in [-0.3, -0.25) is 9.59 Å². The van der Waals surface area contributed by atoms with Crippen molar-refractivity contribution < 1.29 is 9.59 Å². The molecule has 2 aliphatic rings. The van der Waals surface area contributed by atoms with Crippen LogP contribution in [0.4, 0.5) is 11.4 Å². The molecule has 0 unspecified atom stereocenters. The van der Waals surface area contributed by atoms with Crippen LogP contribution in [-0.2, 0) is 11.3 Å². The predicted molar refractivity (Wildman–Crippen MR) is 173 cm³/mol. The topological polar surface area (TPSA) is 43.9 Å². The van der Waals surface area contributed by atoms with E-state index in [-0.39, 0.29) is 11.8 Å². The lowest BCUT2D eigenvalue weighted by Crippen LogP contribution is -2.49. The third-order valence-corrected chi connectivity index (χ3v) is 9.27. The van der Waals surface area contributed by atoms with Crippen molar-refractivity contribution in [1.82, 2.24) is 4.90 Å². The van der Waals surface area contributed by atoms with E-state index in [0.29, 0.717) is 30.1 Å². The van der Waals surface area contributed by atoms with Crippen molar-refractivity contribution in [3.05, 3.63) is 129 Å². The Morgan fingerprint density at radius 1 is 0.810 bits per heavy atom. The molecule has 4 aromatic rings. The highest BCUT2D eigenvalue weighted by Crippen LogP contribution is 2.42. The molecule has 5 nitrogen and oxygen atoms in total. The van der Waals surface area contributed by atoms with Crippen LogP contribution in [0.1, 0.15) is 38.2 Å². The van der Waals surface area contributed by atoms with E-state index < -0.39 is 0 Å². The average Bonchev–Trinajstić information content (AvgIpc) is 3.01. The lowest BCUT2D eigenvalue weighted by molar-refractivity contribution is -0.114. The van der Waals surface area contributed by atoms with Crippen molar-refractivity contribution in [1.29, 1.82) is 0 Å². The number of thioether (sulfide) groups is 1. The SMILES string of the molecule is Cc1cccc(CN2C(=O)/C(=C\c3ccc(C(=O)N4CCN(c5cccc(C)c5C)CC4)cc3)Sc3ccccc32)c1. The summed E-state index contributed by atoms with van der Waals surface area (Å²) in [6.07, 6.45) is 1.93. The summed E-state index contributed by atoms with van der Waals surface area (Å²) in [7, 11) is 0. The van der Waals surface area contributed by atoms with Crippen LogP contribution < -0.4 is 9.80 Å². The number of hydrogen-bond donors (Lipinski definition) is 0. The summed E-state index contributed by atoms with van der Waals surface area (Å²) >= 11 is 1.50. The first-order valence-corrected chi connectivity index (χ1v) is 15.3. The van der Waals surface area contributed by atoms with Crippen LogP contribution in [-0.4, -0.2) is 42.9 Å². The second-order valence-corrected chi connectivity index (χ2v) is 12.2. The summed E-state index contributed by atoms with van der Waals surface area (Å²) in [6.45, 7) is 9.91. The average molecular weight is 574 g/mol. The second kappa shape index (κ2) is 11.9. The highest BCUT2D eigenvalue weighted by atomic mass is 32.2. The van der Waals surface area contributed by atoms with Gasteiger partial charge in [0.1, 0.15) is 0 Å². The smallest absolute Gasteiger partial charge is 0.265 e. The quantitative estimate of drug-likeness (QED) is 0.236. The van der Waals surface area contributed by atoms with Crippen molar-refractivity contribution in [2.24, 2.45) is 0 Å². The van der Waals surface area contributed by atoms with Crippen molar-refractivity contribution in [2.75, 3.05) is 36.0 Å². The number of benzene rings is 4. The molecule has 4 aromatic carbocycles. The molecular weight excluding hydrogens is 538 g/mol. The molecule has 0 atom stereocenters. The van der Waals surface area contributed by atoms with Gasteiger partial charge < -0.3 is 14.7 Å². The van der Waals surface area contributed by atoms with Crippen LogP contribution in [0, 0.1) is 20.8 Å². The highest BCUT2D eigenvalue weighted by molar-refractivity contribution is 8.04. The third kappa shape index (κ3) is 5.72. The van der Waals surface area contributed by atoms with E-state index in [9.17, 15) is 9.59 Å². The molecule has 0 bridgehead atoms. The number of hydrogen-bond acceptors (Lipinski definition) is 4. The fourth-order valence-corrected chi connectivity index (χ4v) is 6.76. The minimum absolute atomic E-state index is 0.0120. The van der Waals surface area contributed by atoms with Crippen LogP contribution in [0.5, 0.6) is 0 Å². The molecule has 212 valence electrons. The number of anilines is 2. The Balaban J connectivity index is 1.16. The minimum atomic E-state index is -0.0120. The lowest BCUT2D eigenvalue weighted by atomic mass is 10.1. The van der Waals surface area contributed by atoms with Gasteiger partial charge in [0, 0.05) is 42.3 Å². The first-order valence-electron chi connectivity index (χ1n) is 14.4. The Labute approximate surface area is 252 Å². The predicted octanol–water partition coefficient (Wildman–Crippen LogP) is 7.25. The van der Waals surface area contributed by atoms with E-state index in [2.05, 4.69) is 68.1 Å². The number of carbonyl (C=O) groups excluding carboxylic acids is 2. The normalized spacial score (nSPS) is 16.1. The van der Waals surface area contributed by atoms with Gasteiger partial charge in [-0.25, -0.2) is 0 Å². The lowest BCUT2D eigenvalue weighted by Gasteiger charge is -2.37. The van der Waals surface area contributed by atoms with Gasteiger partial charge in [0.05, 0.1) is 17.1 Å². The zero-order chi connectivity index (χ0) is 29.2. The number of nitrogens with zero attached hydrogens (tertiary/aromatic N) is 3. The fraction of sp³-hybridized carbons (Fsp3) is 0.222. The standard InChI is InChI=1S/C36H35N3O2S/c1-25-8-6-10-29(22-25)24-39-32-11-4-5-13-33(32)42-34(36(39)41)23-28-14-16-30(17-15-28)35(40)38-20-18-37(19-21-38)31-12-7-9-26(2)27(31)3/h4-17,22-23H,18-21,24H2,1-3H3/b34-23+. The molecule has 2 aliphatic heterocycles. The van der Waals surface area contributed by atoms with E-state index in [1.807, 2.05) is 64.4 Å². The first-order chi connectivity index (χ1) is 20.4. The number of fused-ring (bicyclic) bond motifs is 1. The molecule has 6 heteroatoms. The molecule has 1 fully saturated rings.